The van der Waals surface area contributed by atoms with Gasteiger partial charge >= 0.3 is 5.97 Å². The number of carbonyl (C=O) groups is 1. The van der Waals surface area contributed by atoms with E-state index in [1.54, 1.807) is 54.6 Å². The number of phenolic OH excluding ortho intramolecular Hbond substituents is 1. The molecule has 0 saturated heterocycles. The summed E-state index contributed by atoms with van der Waals surface area (Å²) in [4.78, 5) is 12.4. The summed E-state index contributed by atoms with van der Waals surface area (Å²) in [5, 5.41) is 18.4. The number of esters is 1. The third kappa shape index (κ3) is 6.57. The van der Waals surface area contributed by atoms with Crippen LogP contribution in [0, 0.1) is 0 Å². The summed E-state index contributed by atoms with van der Waals surface area (Å²) in [5.41, 5.74) is 1.25. The maximum atomic E-state index is 12.4. The molecule has 0 aliphatic rings. The maximum Gasteiger partial charge on any atom is 0.343 e. The van der Waals surface area contributed by atoms with Crippen LogP contribution in [0.5, 0.6) is 23.0 Å². The molecule has 32 heavy (non-hydrogen) atoms. The molecule has 0 heterocycles. The fourth-order valence-corrected chi connectivity index (χ4v) is 2.73. The van der Waals surface area contributed by atoms with Gasteiger partial charge in [0.1, 0.15) is 28.7 Å². The number of hydrogen-bond donors (Lipinski definition) is 1. The summed E-state index contributed by atoms with van der Waals surface area (Å²) in [6.07, 6.45) is 2.03. The van der Waals surface area contributed by atoms with Gasteiger partial charge in [0.2, 0.25) is 0 Å². The van der Waals surface area contributed by atoms with Crippen LogP contribution in [0.25, 0.3) is 0 Å². The number of hydrogen-bond acceptors (Lipinski definition) is 7. The highest BCUT2D eigenvalue weighted by molar-refractivity contribution is 5.91. The average Bonchev–Trinajstić information content (AvgIpc) is 2.80. The molecule has 1 N–H and O–H groups in total. The van der Waals surface area contributed by atoms with Crippen molar-refractivity contribution in [2.24, 2.45) is 10.2 Å². The predicted molar refractivity (Wildman–Crippen MR) is 122 cm³/mol. The van der Waals surface area contributed by atoms with E-state index in [-0.39, 0.29) is 17.2 Å². The molecule has 3 rings (SSSR count). The number of azo groups is 1. The van der Waals surface area contributed by atoms with Crippen molar-refractivity contribution in [3.63, 3.8) is 0 Å². The molecule has 0 aliphatic carbocycles. The van der Waals surface area contributed by atoms with Gasteiger partial charge in [0.05, 0.1) is 24.5 Å². The normalized spacial score (nSPS) is 10.8. The highest BCUT2D eigenvalue weighted by Crippen LogP contribution is 2.32. The van der Waals surface area contributed by atoms with Crippen molar-refractivity contribution in [3.8, 4) is 23.0 Å². The van der Waals surface area contributed by atoms with E-state index in [0.29, 0.717) is 30.2 Å². The monoisotopic (exact) mass is 434 g/mol. The van der Waals surface area contributed by atoms with Crippen LogP contribution in [-0.2, 0) is 0 Å². The van der Waals surface area contributed by atoms with E-state index in [1.165, 1.54) is 12.1 Å². The summed E-state index contributed by atoms with van der Waals surface area (Å²) < 4.78 is 16.3. The minimum atomic E-state index is -0.534. The van der Waals surface area contributed by atoms with Gasteiger partial charge in [0.25, 0.3) is 0 Å². The second-order valence-electron chi connectivity index (χ2n) is 6.89. The number of phenols is 1. The van der Waals surface area contributed by atoms with Gasteiger partial charge in [-0.05, 0) is 74.0 Å². The second-order valence-corrected chi connectivity index (χ2v) is 6.89. The summed E-state index contributed by atoms with van der Waals surface area (Å²) >= 11 is 0. The standard InChI is InChI=1S/C25H26N2O5/c1-3-5-16-31-21-10-6-18(7-11-21)25(29)32-22-14-15-23(24(28)17-22)27-26-19-8-12-20(13-9-19)30-4-2/h6-15,17,28H,3-5,16H2,1-2H3. The van der Waals surface area contributed by atoms with E-state index in [1.807, 2.05) is 6.92 Å². The number of benzene rings is 3. The van der Waals surface area contributed by atoms with Crippen LogP contribution >= 0.6 is 0 Å². The summed E-state index contributed by atoms with van der Waals surface area (Å²) in [5.74, 6) is 0.975. The van der Waals surface area contributed by atoms with E-state index in [0.717, 1.165) is 18.6 Å². The maximum absolute atomic E-state index is 12.4. The minimum Gasteiger partial charge on any atom is -0.505 e. The lowest BCUT2D eigenvalue weighted by Gasteiger charge is -2.08. The zero-order valence-electron chi connectivity index (χ0n) is 18.2. The first kappa shape index (κ1) is 22.8. The first-order chi connectivity index (χ1) is 15.6. The quantitative estimate of drug-likeness (QED) is 0.168. The molecule has 0 atom stereocenters. The highest BCUT2D eigenvalue weighted by Gasteiger charge is 2.11. The Labute approximate surface area is 187 Å². The van der Waals surface area contributed by atoms with Crippen molar-refractivity contribution in [1.82, 2.24) is 0 Å². The van der Waals surface area contributed by atoms with Crippen molar-refractivity contribution >= 4 is 17.3 Å². The largest absolute Gasteiger partial charge is 0.505 e. The van der Waals surface area contributed by atoms with Crippen molar-refractivity contribution in [1.29, 1.82) is 0 Å². The van der Waals surface area contributed by atoms with Gasteiger partial charge in [-0.2, -0.15) is 5.11 Å². The SMILES string of the molecule is CCCCOc1ccc(C(=O)Oc2ccc(N=Nc3ccc(OCC)cc3)c(O)c2)cc1. The number of unbranched alkanes of at least 4 members (excludes halogenated alkanes) is 1. The third-order valence-electron chi connectivity index (χ3n) is 4.43. The lowest BCUT2D eigenvalue weighted by atomic mass is 10.2. The van der Waals surface area contributed by atoms with Crippen molar-refractivity contribution in [3.05, 3.63) is 72.3 Å². The molecule has 0 aromatic heterocycles. The molecule has 0 fully saturated rings. The van der Waals surface area contributed by atoms with Gasteiger partial charge in [0.15, 0.2) is 0 Å². The predicted octanol–water partition coefficient (Wildman–Crippen LogP) is 6.60. The molecule has 166 valence electrons. The Kier molecular flexibility index (Phi) is 8.20. The Hall–Kier alpha value is -3.87. The van der Waals surface area contributed by atoms with Crippen molar-refractivity contribution < 1.29 is 24.1 Å². The second kappa shape index (κ2) is 11.5. The number of carbonyl (C=O) groups excluding carboxylic acids is 1. The number of rotatable bonds is 10. The van der Waals surface area contributed by atoms with Gasteiger partial charge in [0, 0.05) is 6.07 Å². The Morgan fingerprint density at radius 1 is 0.844 bits per heavy atom. The molecule has 0 spiro atoms. The van der Waals surface area contributed by atoms with E-state index in [9.17, 15) is 9.90 Å². The molecule has 7 heteroatoms. The zero-order valence-corrected chi connectivity index (χ0v) is 18.2. The van der Waals surface area contributed by atoms with Crippen LogP contribution in [0.1, 0.15) is 37.0 Å². The molecule has 0 radical (unpaired) electrons. The lowest BCUT2D eigenvalue weighted by Crippen LogP contribution is -2.08. The molecular weight excluding hydrogens is 408 g/mol. The number of aromatic hydroxyl groups is 1. The molecule has 3 aromatic carbocycles. The van der Waals surface area contributed by atoms with E-state index < -0.39 is 5.97 Å². The number of nitrogens with zero attached hydrogens (tertiary/aromatic N) is 2. The highest BCUT2D eigenvalue weighted by atomic mass is 16.5. The Morgan fingerprint density at radius 2 is 1.50 bits per heavy atom. The van der Waals surface area contributed by atoms with E-state index in [4.69, 9.17) is 14.2 Å². The molecule has 0 saturated carbocycles. The Balaban J connectivity index is 1.60. The molecule has 0 bridgehead atoms. The fraction of sp³-hybridized carbons (Fsp3) is 0.240. The molecular formula is C25H26N2O5. The topological polar surface area (TPSA) is 89.7 Å². The summed E-state index contributed by atoms with van der Waals surface area (Å²) in [6, 6.07) is 18.3. The third-order valence-corrected chi connectivity index (χ3v) is 4.43. The first-order valence-electron chi connectivity index (χ1n) is 10.5. The van der Waals surface area contributed by atoms with Crippen LogP contribution in [0.3, 0.4) is 0 Å². The van der Waals surface area contributed by atoms with Crippen LogP contribution in [0.4, 0.5) is 11.4 Å². The van der Waals surface area contributed by atoms with Gasteiger partial charge in [-0.1, -0.05) is 13.3 Å². The van der Waals surface area contributed by atoms with Gasteiger partial charge < -0.3 is 19.3 Å². The zero-order chi connectivity index (χ0) is 22.8. The number of ether oxygens (including phenoxy) is 3. The van der Waals surface area contributed by atoms with Gasteiger partial charge in [-0.3, -0.25) is 0 Å². The molecule has 0 amide bonds. The molecule has 0 aliphatic heterocycles. The lowest BCUT2D eigenvalue weighted by molar-refractivity contribution is 0.0734. The van der Waals surface area contributed by atoms with Crippen molar-refractivity contribution in [2.75, 3.05) is 13.2 Å². The minimum absolute atomic E-state index is 0.148. The molecule has 7 nitrogen and oxygen atoms in total. The van der Waals surface area contributed by atoms with Crippen LogP contribution in [0.2, 0.25) is 0 Å². The smallest absolute Gasteiger partial charge is 0.343 e. The molecule has 0 unspecified atom stereocenters. The summed E-state index contributed by atoms with van der Waals surface area (Å²) in [7, 11) is 0. The average molecular weight is 434 g/mol. The fourth-order valence-electron chi connectivity index (χ4n) is 2.73. The van der Waals surface area contributed by atoms with Crippen LogP contribution in [-0.4, -0.2) is 24.3 Å². The van der Waals surface area contributed by atoms with Crippen LogP contribution < -0.4 is 14.2 Å². The summed E-state index contributed by atoms with van der Waals surface area (Å²) in [6.45, 7) is 5.24. The van der Waals surface area contributed by atoms with Gasteiger partial charge in [-0.15, -0.1) is 5.11 Å². The van der Waals surface area contributed by atoms with Crippen molar-refractivity contribution in [2.45, 2.75) is 26.7 Å². The first-order valence-corrected chi connectivity index (χ1v) is 10.5. The Morgan fingerprint density at radius 3 is 2.16 bits per heavy atom. The Bertz CT molecular complexity index is 1050. The molecule has 3 aromatic rings. The van der Waals surface area contributed by atoms with E-state index >= 15 is 0 Å². The van der Waals surface area contributed by atoms with E-state index in [2.05, 4.69) is 17.2 Å². The van der Waals surface area contributed by atoms with Crippen LogP contribution in [0.15, 0.2) is 77.0 Å². The van der Waals surface area contributed by atoms with Gasteiger partial charge in [-0.25, -0.2) is 4.79 Å².